The predicted octanol–water partition coefficient (Wildman–Crippen LogP) is 1.54. The minimum Gasteiger partial charge on any atom is -0.459 e. The molecule has 1 heterocycles. The predicted molar refractivity (Wildman–Crippen MR) is 47.9 cm³/mol. The zero-order valence-electron chi connectivity index (χ0n) is 6.95. The molecule has 1 radical (unpaired) electrons. The molecule has 0 amide bonds. The second-order valence-electron chi connectivity index (χ2n) is 2.41. The number of hydrogen-bond acceptors (Lipinski definition) is 2. The van der Waals surface area contributed by atoms with Crippen molar-refractivity contribution < 1.29 is 9.52 Å². The van der Waals surface area contributed by atoms with E-state index in [1.807, 2.05) is 30.3 Å². The topological polar surface area (TPSA) is 33.4 Å². The van der Waals surface area contributed by atoms with E-state index in [2.05, 4.69) is 0 Å². The number of rotatable bonds is 1. The van der Waals surface area contributed by atoms with E-state index in [4.69, 9.17) is 9.52 Å². The summed E-state index contributed by atoms with van der Waals surface area (Å²) in [6.07, 6.45) is 0. The van der Waals surface area contributed by atoms with E-state index in [0.29, 0.717) is 5.76 Å². The number of para-hydroxylation sites is 1. The van der Waals surface area contributed by atoms with Crippen molar-refractivity contribution in [2.24, 2.45) is 0 Å². The van der Waals surface area contributed by atoms with Crippen molar-refractivity contribution in [2.45, 2.75) is 6.61 Å². The van der Waals surface area contributed by atoms with Crippen LogP contribution in [0.25, 0.3) is 11.0 Å². The smallest absolute Gasteiger partial charge is 0.134 e. The molecule has 0 atom stereocenters. The molecule has 0 spiro atoms. The molecule has 0 saturated heterocycles. The van der Waals surface area contributed by atoms with E-state index in [1.54, 1.807) is 0 Å². The Hall–Kier alpha value is -0.280. The summed E-state index contributed by atoms with van der Waals surface area (Å²) in [6, 6.07) is 9.54. The van der Waals surface area contributed by atoms with Crippen molar-refractivity contribution in [1.29, 1.82) is 0 Å². The summed E-state index contributed by atoms with van der Waals surface area (Å²) in [5, 5.41) is 9.78. The number of furan rings is 1. The minimum absolute atomic E-state index is 0. The van der Waals surface area contributed by atoms with E-state index >= 15 is 0 Å². The summed E-state index contributed by atoms with van der Waals surface area (Å²) in [4.78, 5) is 0. The second-order valence-corrected chi connectivity index (χ2v) is 2.41. The Kier molecular flexibility index (Phi) is 3.35. The molecule has 3 heteroatoms. The molecule has 1 aromatic carbocycles. The maximum atomic E-state index is 8.74. The van der Waals surface area contributed by atoms with Gasteiger partial charge in [0.15, 0.2) is 0 Å². The number of aliphatic hydroxyl groups excluding tert-OH is 1. The van der Waals surface area contributed by atoms with E-state index in [9.17, 15) is 0 Å². The van der Waals surface area contributed by atoms with Crippen LogP contribution in [0.2, 0.25) is 0 Å². The maximum Gasteiger partial charge on any atom is 0.134 e. The standard InChI is InChI=1S/C9H8O2.Na/c10-6-8-5-7-3-1-2-4-9(7)11-8;/h1-5,10H,6H2;. The molecule has 0 aliphatic carbocycles. The molecule has 0 aliphatic rings. The third kappa shape index (κ3) is 1.72. The molecular weight excluding hydrogens is 163 g/mol. The first kappa shape index (κ1) is 9.81. The fraction of sp³-hybridized carbons (Fsp3) is 0.111. The van der Waals surface area contributed by atoms with Crippen molar-refractivity contribution in [3.63, 3.8) is 0 Å². The molecule has 2 aromatic rings. The Balaban J connectivity index is 0.000000720. The van der Waals surface area contributed by atoms with Gasteiger partial charge in [-0.25, -0.2) is 0 Å². The van der Waals surface area contributed by atoms with Gasteiger partial charge in [0.1, 0.15) is 18.0 Å². The van der Waals surface area contributed by atoms with E-state index in [1.165, 1.54) is 0 Å². The van der Waals surface area contributed by atoms with Gasteiger partial charge in [0.05, 0.1) is 0 Å². The molecule has 12 heavy (non-hydrogen) atoms. The Bertz CT molecular complexity index is 334. The molecule has 0 saturated carbocycles. The van der Waals surface area contributed by atoms with Crippen LogP contribution >= 0.6 is 0 Å². The summed E-state index contributed by atoms with van der Waals surface area (Å²) >= 11 is 0. The fourth-order valence-electron chi connectivity index (χ4n) is 1.11. The third-order valence-corrected chi connectivity index (χ3v) is 1.63. The van der Waals surface area contributed by atoms with Crippen LogP contribution in [0.15, 0.2) is 34.7 Å². The van der Waals surface area contributed by atoms with Crippen LogP contribution in [0, 0.1) is 0 Å². The van der Waals surface area contributed by atoms with Crippen molar-refractivity contribution in [2.75, 3.05) is 0 Å². The van der Waals surface area contributed by atoms with Crippen LogP contribution in [-0.2, 0) is 6.61 Å². The van der Waals surface area contributed by atoms with E-state index in [-0.39, 0.29) is 36.2 Å². The Morgan fingerprint density at radius 2 is 2.00 bits per heavy atom. The molecule has 1 N–H and O–H groups in total. The fourth-order valence-corrected chi connectivity index (χ4v) is 1.11. The zero-order chi connectivity index (χ0) is 7.68. The average Bonchev–Trinajstić information content (AvgIpc) is 2.46. The summed E-state index contributed by atoms with van der Waals surface area (Å²) in [7, 11) is 0. The van der Waals surface area contributed by atoms with Gasteiger partial charge in [0, 0.05) is 34.9 Å². The SMILES string of the molecule is OCc1cc2ccccc2o1.[Na]. The molecule has 57 valence electrons. The van der Waals surface area contributed by atoms with Crippen molar-refractivity contribution >= 4 is 40.5 Å². The molecule has 2 rings (SSSR count). The zero-order valence-corrected chi connectivity index (χ0v) is 8.95. The van der Waals surface area contributed by atoms with Gasteiger partial charge >= 0.3 is 0 Å². The summed E-state index contributed by atoms with van der Waals surface area (Å²) < 4.78 is 5.27. The number of hydrogen-bond donors (Lipinski definition) is 1. The summed E-state index contributed by atoms with van der Waals surface area (Å²) in [5.41, 5.74) is 0.830. The Labute approximate surface area is 92.5 Å². The van der Waals surface area contributed by atoms with Gasteiger partial charge < -0.3 is 9.52 Å². The Morgan fingerprint density at radius 3 is 2.67 bits per heavy atom. The van der Waals surface area contributed by atoms with Crippen LogP contribution in [0.5, 0.6) is 0 Å². The van der Waals surface area contributed by atoms with E-state index in [0.717, 1.165) is 11.0 Å². The first-order valence-corrected chi connectivity index (χ1v) is 3.48. The van der Waals surface area contributed by atoms with Crippen LogP contribution in [0.3, 0.4) is 0 Å². The average molecular weight is 171 g/mol. The maximum absolute atomic E-state index is 8.74. The van der Waals surface area contributed by atoms with Gasteiger partial charge in [-0.05, 0) is 12.1 Å². The molecule has 2 nitrogen and oxygen atoms in total. The number of fused-ring (bicyclic) bond motifs is 1. The molecule has 0 aliphatic heterocycles. The largest absolute Gasteiger partial charge is 0.459 e. The second kappa shape index (κ2) is 4.10. The molecule has 0 fully saturated rings. The third-order valence-electron chi connectivity index (χ3n) is 1.63. The summed E-state index contributed by atoms with van der Waals surface area (Å²) in [5.74, 6) is 0.617. The van der Waals surface area contributed by atoms with Crippen LogP contribution in [0.1, 0.15) is 5.76 Å². The normalized spacial score (nSPS) is 9.75. The molecule has 1 aromatic heterocycles. The number of aliphatic hydroxyl groups is 1. The number of benzene rings is 1. The monoisotopic (exact) mass is 171 g/mol. The van der Waals surface area contributed by atoms with Gasteiger partial charge in [-0.2, -0.15) is 0 Å². The van der Waals surface area contributed by atoms with Crippen LogP contribution in [0.4, 0.5) is 0 Å². The van der Waals surface area contributed by atoms with E-state index < -0.39 is 0 Å². The van der Waals surface area contributed by atoms with Crippen molar-refractivity contribution in [3.05, 3.63) is 36.1 Å². The minimum atomic E-state index is -0.0331. The molecule has 0 unspecified atom stereocenters. The van der Waals surface area contributed by atoms with Crippen LogP contribution < -0.4 is 0 Å². The Morgan fingerprint density at radius 1 is 1.25 bits per heavy atom. The van der Waals surface area contributed by atoms with Crippen molar-refractivity contribution in [1.82, 2.24) is 0 Å². The van der Waals surface area contributed by atoms with Gasteiger partial charge in [0.25, 0.3) is 0 Å². The van der Waals surface area contributed by atoms with Crippen molar-refractivity contribution in [3.8, 4) is 0 Å². The molecule has 0 bridgehead atoms. The molecular formula is C9H8NaO2. The van der Waals surface area contributed by atoms with Gasteiger partial charge in [-0.15, -0.1) is 0 Å². The summed E-state index contributed by atoms with van der Waals surface area (Å²) in [6.45, 7) is -0.0331. The first-order valence-electron chi connectivity index (χ1n) is 3.48. The van der Waals surface area contributed by atoms with Gasteiger partial charge in [-0.1, -0.05) is 18.2 Å². The van der Waals surface area contributed by atoms with Gasteiger partial charge in [0.2, 0.25) is 0 Å². The van der Waals surface area contributed by atoms with Crippen LogP contribution in [-0.4, -0.2) is 34.7 Å². The quantitative estimate of drug-likeness (QED) is 0.660. The van der Waals surface area contributed by atoms with Gasteiger partial charge in [-0.3, -0.25) is 0 Å². The first-order chi connectivity index (χ1) is 5.40.